The molecule has 2 rings (SSSR count). The van der Waals surface area contributed by atoms with Crippen molar-refractivity contribution in [3.63, 3.8) is 0 Å². The number of nitrogens with two attached hydrogens (primary N) is 1. The first-order chi connectivity index (χ1) is 9.79. The summed E-state index contributed by atoms with van der Waals surface area (Å²) in [6, 6.07) is 3.36. The molecule has 21 heavy (non-hydrogen) atoms. The lowest BCUT2D eigenvalue weighted by atomic mass is 10.1. The van der Waals surface area contributed by atoms with Gasteiger partial charge in [0.1, 0.15) is 5.01 Å². The smallest absolute Gasteiger partial charge is 0.398 e. The Labute approximate surface area is 126 Å². The number of nitrogens with zero attached hydrogens (tertiary/aromatic N) is 1. The second-order valence-electron chi connectivity index (χ2n) is 4.52. The molecule has 0 amide bonds. The number of rotatable bonds is 2. The van der Waals surface area contributed by atoms with Crippen LogP contribution in [-0.2, 0) is 6.18 Å². The molecule has 0 spiro atoms. The van der Waals surface area contributed by atoms with Gasteiger partial charge in [0.2, 0.25) is 0 Å². The summed E-state index contributed by atoms with van der Waals surface area (Å²) in [4.78, 5) is 5.30. The van der Waals surface area contributed by atoms with E-state index in [1.54, 1.807) is 6.20 Å². The van der Waals surface area contributed by atoms with Crippen molar-refractivity contribution in [2.24, 2.45) is 0 Å². The molecule has 0 saturated heterocycles. The summed E-state index contributed by atoms with van der Waals surface area (Å²) in [5.41, 5.74) is 5.60. The Morgan fingerprint density at radius 3 is 2.24 bits per heavy atom. The maximum atomic E-state index is 12.5. The maximum Gasteiger partial charge on any atom is 0.416 e. The third-order valence-electron chi connectivity index (χ3n) is 2.70. The zero-order chi connectivity index (χ0) is 16.2. The summed E-state index contributed by atoms with van der Waals surface area (Å²) in [6.07, 6.45) is -2.64. The number of hydrogen-bond acceptors (Lipinski definition) is 3. The van der Waals surface area contributed by atoms with Crippen LogP contribution in [0.15, 0.2) is 24.4 Å². The van der Waals surface area contributed by atoms with Gasteiger partial charge < -0.3 is 5.73 Å². The van der Waals surface area contributed by atoms with Crippen LogP contribution >= 0.6 is 11.3 Å². The van der Waals surface area contributed by atoms with Crippen molar-refractivity contribution in [1.82, 2.24) is 4.98 Å². The molecule has 0 aliphatic carbocycles. The third-order valence-corrected chi connectivity index (χ3v) is 4.03. The van der Waals surface area contributed by atoms with Gasteiger partial charge >= 0.3 is 6.18 Å². The van der Waals surface area contributed by atoms with Crippen molar-refractivity contribution in [3.8, 4) is 10.6 Å². The normalized spacial score (nSPS) is 11.2. The van der Waals surface area contributed by atoms with E-state index in [9.17, 15) is 13.2 Å². The predicted molar refractivity (Wildman–Crippen MR) is 82.4 cm³/mol. The second kappa shape index (κ2) is 6.93. The van der Waals surface area contributed by atoms with Gasteiger partial charge in [-0.15, -0.1) is 11.3 Å². The lowest BCUT2D eigenvalue weighted by molar-refractivity contribution is -0.137. The monoisotopic (exact) mass is 316 g/mol. The van der Waals surface area contributed by atoms with E-state index >= 15 is 0 Å². The zero-order valence-electron chi connectivity index (χ0n) is 12.5. The number of halogens is 3. The highest BCUT2D eigenvalue weighted by Gasteiger charge is 2.31. The zero-order valence-corrected chi connectivity index (χ0v) is 13.3. The van der Waals surface area contributed by atoms with Crippen LogP contribution in [0, 0.1) is 0 Å². The fourth-order valence-corrected chi connectivity index (χ4v) is 2.58. The van der Waals surface area contributed by atoms with Crippen LogP contribution in [0.25, 0.3) is 10.6 Å². The first kappa shape index (κ1) is 17.5. The van der Waals surface area contributed by atoms with Gasteiger partial charge in [0.05, 0.1) is 5.56 Å². The second-order valence-corrected chi connectivity index (χ2v) is 5.58. The fraction of sp³-hybridized carbons (Fsp3) is 0.400. The number of benzene rings is 1. The van der Waals surface area contributed by atoms with Crippen molar-refractivity contribution in [2.45, 2.75) is 39.8 Å². The Kier molecular flexibility index (Phi) is 5.78. The summed E-state index contributed by atoms with van der Waals surface area (Å²) in [5, 5.41) is 0.648. The van der Waals surface area contributed by atoms with Crippen LogP contribution in [0.5, 0.6) is 0 Å². The Bertz CT molecular complexity index is 589. The summed E-state index contributed by atoms with van der Waals surface area (Å²) in [7, 11) is 0. The van der Waals surface area contributed by atoms with E-state index in [0.29, 0.717) is 16.5 Å². The van der Waals surface area contributed by atoms with E-state index in [1.165, 1.54) is 17.4 Å². The molecule has 0 bridgehead atoms. The van der Waals surface area contributed by atoms with Crippen LogP contribution in [0.4, 0.5) is 18.9 Å². The van der Waals surface area contributed by atoms with Gasteiger partial charge in [-0.3, -0.25) is 0 Å². The number of anilines is 1. The molecule has 2 nitrogen and oxygen atoms in total. The van der Waals surface area contributed by atoms with E-state index in [-0.39, 0.29) is 5.69 Å². The molecule has 116 valence electrons. The van der Waals surface area contributed by atoms with Crippen molar-refractivity contribution in [3.05, 3.63) is 34.8 Å². The number of nitrogen functional groups attached to an aromatic ring is 1. The number of hydrogen-bond donors (Lipinski definition) is 1. The van der Waals surface area contributed by atoms with E-state index in [1.807, 2.05) is 27.7 Å². The van der Waals surface area contributed by atoms with Gasteiger partial charge in [-0.2, -0.15) is 13.2 Å². The molecular weight excluding hydrogens is 297 g/mol. The summed E-state index contributed by atoms with van der Waals surface area (Å²) in [5.74, 6) is 0.335. The van der Waals surface area contributed by atoms with Gasteiger partial charge in [0.25, 0.3) is 0 Å². The average Bonchev–Trinajstić information content (AvgIpc) is 2.89. The Morgan fingerprint density at radius 1 is 1.19 bits per heavy atom. The summed E-state index contributed by atoms with van der Waals surface area (Å²) in [6.45, 7) is 8.07. The van der Waals surface area contributed by atoms with Crippen molar-refractivity contribution in [1.29, 1.82) is 0 Å². The Balaban J connectivity index is 0.00000106. The molecule has 1 heterocycles. The van der Waals surface area contributed by atoms with E-state index < -0.39 is 11.7 Å². The van der Waals surface area contributed by atoms with E-state index in [0.717, 1.165) is 17.0 Å². The Hall–Kier alpha value is -1.56. The minimum absolute atomic E-state index is 0.0967. The van der Waals surface area contributed by atoms with Gasteiger partial charge in [-0.1, -0.05) is 27.7 Å². The highest BCUT2D eigenvalue weighted by Crippen LogP contribution is 2.36. The highest BCUT2D eigenvalue weighted by molar-refractivity contribution is 7.15. The average molecular weight is 316 g/mol. The molecule has 2 N–H and O–H groups in total. The molecule has 0 unspecified atom stereocenters. The fourth-order valence-electron chi connectivity index (χ4n) is 1.61. The van der Waals surface area contributed by atoms with E-state index in [2.05, 4.69) is 4.98 Å². The van der Waals surface area contributed by atoms with Crippen LogP contribution in [0.2, 0.25) is 0 Å². The highest BCUT2D eigenvalue weighted by atomic mass is 32.1. The lowest BCUT2D eigenvalue weighted by Crippen LogP contribution is -2.05. The number of alkyl halides is 3. The molecular formula is C15H19F3N2S. The van der Waals surface area contributed by atoms with Gasteiger partial charge in [-0.05, 0) is 24.1 Å². The first-order valence-electron chi connectivity index (χ1n) is 6.72. The molecule has 0 aliphatic heterocycles. The molecule has 0 aliphatic rings. The summed E-state index contributed by atoms with van der Waals surface area (Å²) < 4.78 is 37.6. The molecule has 0 saturated carbocycles. The summed E-state index contributed by atoms with van der Waals surface area (Å²) >= 11 is 1.45. The van der Waals surface area contributed by atoms with Crippen molar-refractivity contribution >= 4 is 17.0 Å². The van der Waals surface area contributed by atoms with Crippen LogP contribution in [0.3, 0.4) is 0 Å². The maximum absolute atomic E-state index is 12.5. The standard InChI is InChI=1S/C13H13F3N2S.C2H6/c1-7(2)11-6-18-12(19-11)9-4-3-8(5-10(9)17)13(14,15)16;1-2/h3-7H,17H2,1-2H3;1-2H3. The quantitative estimate of drug-likeness (QED) is 0.737. The SMILES string of the molecule is CC.CC(C)c1cnc(-c2ccc(C(F)(F)F)cc2N)s1. The molecule has 0 atom stereocenters. The van der Waals surface area contributed by atoms with E-state index in [4.69, 9.17) is 5.73 Å². The Morgan fingerprint density at radius 2 is 1.81 bits per heavy atom. The lowest BCUT2D eigenvalue weighted by Gasteiger charge is -2.09. The predicted octanol–water partition coefficient (Wildman–Crippen LogP) is 5.56. The minimum Gasteiger partial charge on any atom is -0.398 e. The molecule has 1 aromatic carbocycles. The molecule has 0 fully saturated rings. The van der Waals surface area contributed by atoms with Crippen molar-refractivity contribution in [2.75, 3.05) is 5.73 Å². The van der Waals surface area contributed by atoms with Crippen LogP contribution in [0.1, 0.15) is 44.1 Å². The molecule has 6 heteroatoms. The van der Waals surface area contributed by atoms with Crippen LogP contribution < -0.4 is 5.73 Å². The largest absolute Gasteiger partial charge is 0.416 e. The third kappa shape index (κ3) is 4.20. The van der Waals surface area contributed by atoms with Crippen LogP contribution in [-0.4, -0.2) is 4.98 Å². The van der Waals surface area contributed by atoms with Gasteiger partial charge in [0.15, 0.2) is 0 Å². The molecule has 2 aromatic rings. The molecule has 1 aromatic heterocycles. The van der Waals surface area contributed by atoms with Gasteiger partial charge in [-0.25, -0.2) is 4.98 Å². The van der Waals surface area contributed by atoms with Gasteiger partial charge in [0, 0.05) is 22.3 Å². The number of aromatic nitrogens is 1. The topological polar surface area (TPSA) is 38.9 Å². The van der Waals surface area contributed by atoms with Crippen molar-refractivity contribution < 1.29 is 13.2 Å². The minimum atomic E-state index is -4.38. The molecule has 0 radical (unpaired) electrons. The number of thiazole rings is 1. The first-order valence-corrected chi connectivity index (χ1v) is 7.53.